The van der Waals surface area contributed by atoms with Crippen molar-refractivity contribution in [3.05, 3.63) is 66.0 Å². The summed E-state index contributed by atoms with van der Waals surface area (Å²) in [7, 11) is 0. The average molecular weight is 385 g/mol. The molecule has 4 nitrogen and oxygen atoms in total. The molecule has 3 rings (SSSR count). The Morgan fingerprint density at radius 1 is 1.11 bits per heavy atom. The number of amides is 1. The smallest absolute Gasteiger partial charge is 0.278 e. The van der Waals surface area contributed by atoms with Crippen LogP contribution in [0.5, 0.6) is 0 Å². The second-order valence-electron chi connectivity index (χ2n) is 7.60. The van der Waals surface area contributed by atoms with Crippen LogP contribution in [-0.4, -0.2) is 44.7 Å². The van der Waals surface area contributed by atoms with Gasteiger partial charge < -0.3 is 15.1 Å². The number of rotatable bonds is 7. The van der Waals surface area contributed by atoms with Crippen LogP contribution >= 0.6 is 0 Å². The van der Waals surface area contributed by atoms with E-state index in [9.17, 15) is 9.18 Å². The summed E-state index contributed by atoms with van der Waals surface area (Å²) < 4.78 is 13.1. The molecule has 1 fully saturated rings. The number of benzene rings is 2. The molecule has 0 saturated carbocycles. The molecular formula is C23H31FN3O+. The Morgan fingerprint density at radius 2 is 1.75 bits per heavy atom. The number of anilines is 1. The fourth-order valence-corrected chi connectivity index (χ4v) is 3.92. The maximum atomic E-state index is 13.1. The van der Waals surface area contributed by atoms with Crippen LogP contribution in [0.4, 0.5) is 10.1 Å². The van der Waals surface area contributed by atoms with Gasteiger partial charge in [0.2, 0.25) is 0 Å². The highest BCUT2D eigenvalue weighted by Crippen LogP contribution is 2.18. The normalized spacial score (nSPS) is 17.2. The Balaban J connectivity index is 1.48. The molecule has 2 N–H and O–H groups in total. The molecule has 0 radical (unpaired) electrons. The average Bonchev–Trinajstić information content (AvgIpc) is 2.75. The van der Waals surface area contributed by atoms with Crippen molar-refractivity contribution in [3.63, 3.8) is 0 Å². The van der Waals surface area contributed by atoms with Gasteiger partial charge in [0.25, 0.3) is 5.91 Å². The van der Waals surface area contributed by atoms with Crippen molar-refractivity contribution in [1.82, 2.24) is 5.32 Å². The third-order valence-electron chi connectivity index (χ3n) is 5.89. The summed E-state index contributed by atoms with van der Waals surface area (Å²) in [5.41, 5.74) is 2.32. The van der Waals surface area contributed by atoms with E-state index in [1.807, 2.05) is 37.3 Å². The number of halogens is 1. The highest BCUT2D eigenvalue weighted by molar-refractivity contribution is 5.80. The molecule has 150 valence electrons. The van der Waals surface area contributed by atoms with Crippen molar-refractivity contribution in [3.8, 4) is 0 Å². The van der Waals surface area contributed by atoms with E-state index in [0.29, 0.717) is 12.5 Å². The fraction of sp³-hybridized carbons (Fsp3) is 0.435. The molecule has 1 aliphatic heterocycles. The fourth-order valence-electron chi connectivity index (χ4n) is 3.92. The second kappa shape index (κ2) is 9.69. The molecule has 2 aromatic carbocycles. The molecule has 0 bridgehead atoms. The zero-order chi connectivity index (χ0) is 19.9. The number of piperazine rings is 1. The van der Waals surface area contributed by atoms with Gasteiger partial charge in [-0.1, -0.05) is 37.3 Å². The van der Waals surface area contributed by atoms with E-state index in [2.05, 4.69) is 29.3 Å². The minimum atomic E-state index is -0.209. The molecule has 28 heavy (non-hydrogen) atoms. The molecule has 1 aliphatic rings. The summed E-state index contributed by atoms with van der Waals surface area (Å²) in [4.78, 5) is 16.3. The summed E-state index contributed by atoms with van der Waals surface area (Å²) in [5, 5.41) is 3.16. The lowest BCUT2D eigenvalue weighted by atomic mass is 9.96. The Kier molecular flexibility index (Phi) is 7.04. The topological polar surface area (TPSA) is 36.8 Å². The van der Waals surface area contributed by atoms with E-state index in [-0.39, 0.29) is 17.8 Å². The minimum absolute atomic E-state index is 0.0661. The molecule has 1 saturated heterocycles. The Morgan fingerprint density at radius 3 is 2.36 bits per heavy atom. The van der Waals surface area contributed by atoms with Crippen LogP contribution in [0.1, 0.15) is 31.7 Å². The van der Waals surface area contributed by atoms with Crippen LogP contribution in [0.2, 0.25) is 0 Å². The Hall–Kier alpha value is -2.40. The van der Waals surface area contributed by atoms with Gasteiger partial charge in [-0.15, -0.1) is 0 Å². The van der Waals surface area contributed by atoms with Gasteiger partial charge in [0.05, 0.1) is 26.2 Å². The largest absolute Gasteiger partial charge is 0.360 e. The van der Waals surface area contributed by atoms with Crippen molar-refractivity contribution in [2.75, 3.05) is 37.6 Å². The van der Waals surface area contributed by atoms with Gasteiger partial charge in [0.15, 0.2) is 6.04 Å². The molecule has 0 unspecified atom stereocenters. The Bertz CT molecular complexity index is 742. The summed E-state index contributed by atoms with van der Waals surface area (Å²) in [6.07, 6.45) is 1.00. The summed E-state index contributed by atoms with van der Waals surface area (Å²) in [5.74, 6) is 0.265. The van der Waals surface area contributed by atoms with Crippen LogP contribution in [0.15, 0.2) is 54.6 Å². The van der Waals surface area contributed by atoms with E-state index in [1.54, 1.807) is 0 Å². The van der Waals surface area contributed by atoms with Crippen molar-refractivity contribution in [1.29, 1.82) is 0 Å². The van der Waals surface area contributed by atoms with Crippen LogP contribution < -0.4 is 15.1 Å². The maximum Gasteiger partial charge on any atom is 0.278 e. The van der Waals surface area contributed by atoms with E-state index in [0.717, 1.165) is 38.3 Å². The van der Waals surface area contributed by atoms with E-state index in [1.165, 1.54) is 22.6 Å². The molecule has 1 amide bonds. The van der Waals surface area contributed by atoms with E-state index >= 15 is 0 Å². The van der Waals surface area contributed by atoms with Gasteiger partial charge in [-0.2, -0.15) is 0 Å². The van der Waals surface area contributed by atoms with E-state index in [4.69, 9.17) is 0 Å². The standard InChI is InChI=1S/C23H30FN3O/c1-3-19(20-7-5-4-6-8-20)17-25-23(28)18(2)26-13-15-27(16-14-26)22-11-9-21(24)10-12-22/h4-12,18-19H,3,13-17H2,1-2H3,(H,25,28)/p+1/t18-,19+/m0/s1. The van der Waals surface area contributed by atoms with Gasteiger partial charge in [-0.3, -0.25) is 4.79 Å². The summed E-state index contributed by atoms with van der Waals surface area (Å²) in [6, 6.07) is 17.0. The molecule has 0 spiro atoms. The molecule has 0 aromatic heterocycles. The summed E-state index contributed by atoms with van der Waals surface area (Å²) >= 11 is 0. The molecule has 2 atom stereocenters. The zero-order valence-electron chi connectivity index (χ0n) is 16.8. The first-order valence-corrected chi connectivity index (χ1v) is 10.3. The molecule has 0 aliphatic carbocycles. The summed E-state index contributed by atoms with van der Waals surface area (Å²) in [6.45, 7) is 8.41. The monoisotopic (exact) mass is 384 g/mol. The number of carbonyl (C=O) groups excluding carboxylic acids is 1. The van der Waals surface area contributed by atoms with Gasteiger partial charge in [-0.25, -0.2) is 4.39 Å². The van der Waals surface area contributed by atoms with Gasteiger partial charge in [0.1, 0.15) is 5.82 Å². The van der Waals surface area contributed by atoms with Crippen LogP contribution in [-0.2, 0) is 4.79 Å². The number of hydrogen-bond donors (Lipinski definition) is 2. The molecular weight excluding hydrogens is 353 g/mol. The van der Waals surface area contributed by atoms with Crippen molar-refractivity contribution in [2.24, 2.45) is 0 Å². The van der Waals surface area contributed by atoms with Crippen LogP contribution in [0.3, 0.4) is 0 Å². The minimum Gasteiger partial charge on any atom is -0.360 e. The third-order valence-corrected chi connectivity index (χ3v) is 5.89. The van der Waals surface area contributed by atoms with Gasteiger partial charge >= 0.3 is 0 Å². The van der Waals surface area contributed by atoms with Crippen molar-refractivity contribution < 1.29 is 14.1 Å². The quantitative estimate of drug-likeness (QED) is 0.768. The molecule has 5 heteroatoms. The van der Waals surface area contributed by atoms with Crippen molar-refractivity contribution >= 4 is 11.6 Å². The highest BCUT2D eigenvalue weighted by atomic mass is 19.1. The Labute approximate surface area is 167 Å². The lowest BCUT2D eigenvalue weighted by Crippen LogP contribution is -3.19. The number of nitrogens with zero attached hydrogens (tertiary/aromatic N) is 1. The second-order valence-corrected chi connectivity index (χ2v) is 7.60. The predicted octanol–water partition coefficient (Wildman–Crippen LogP) is 2.23. The van der Waals surface area contributed by atoms with Crippen LogP contribution in [0, 0.1) is 5.82 Å². The lowest BCUT2D eigenvalue weighted by molar-refractivity contribution is -0.914. The van der Waals surface area contributed by atoms with Crippen molar-refractivity contribution in [2.45, 2.75) is 32.2 Å². The number of carbonyl (C=O) groups is 1. The van der Waals surface area contributed by atoms with E-state index < -0.39 is 0 Å². The number of quaternary nitrogens is 1. The number of hydrogen-bond acceptors (Lipinski definition) is 2. The highest BCUT2D eigenvalue weighted by Gasteiger charge is 2.29. The van der Waals surface area contributed by atoms with Gasteiger partial charge in [0, 0.05) is 18.2 Å². The third kappa shape index (κ3) is 5.10. The molecule has 2 aromatic rings. The van der Waals surface area contributed by atoms with Crippen LogP contribution in [0.25, 0.3) is 0 Å². The first kappa shape index (κ1) is 20.3. The number of nitrogens with one attached hydrogen (secondary N) is 2. The SMILES string of the molecule is CC[C@H](CNC(=O)[C@H](C)[NH+]1CCN(c2ccc(F)cc2)CC1)c1ccccc1. The molecule has 1 heterocycles. The first-order chi connectivity index (χ1) is 13.6. The predicted molar refractivity (Wildman–Crippen MR) is 111 cm³/mol. The lowest BCUT2D eigenvalue weighted by Gasteiger charge is -2.36. The van der Waals surface area contributed by atoms with Gasteiger partial charge in [-0.05, 0) is 43.2 Å². The zero-order valence-corrected chi connectivity index (χ0v) is 16.8. The maximum absolute atomic E-state index is 13.1. The first-order valence-electron chi connectivity index (χ1n) is 10.3.